The van der Waals surface area contributed by atoms with Crippen LogP contribution in [0.1, 0.15) is 56.6 Å². The number of hydrogen-bond donors (Lipinski definition) is 1. The van der Waals surface area contributed by atoms with E-state index >= 15 is 0 Å². The first-order valence-electron chi connectivity index (χ1n) is 12.6. The number of nitrogens with one attached hydrogen (secondary N) is 1. The molecule has 7 nitrogen and oxygen atoms in total. The first kappa shape index (κ1) is 29.3. The maximum Gasteiger partial charge on any atom is 0.244 e. The molecule has 3 rings (SSSR count). The Morgan fingerprint density at radius 1 is 1.03 bits per heavy atom. The lowest BCUT2D eigenvalue weighted by molar-refractivity contribution is -0.140. The van der Waals surface area contributed by atoms with Crippen molar-refractivity contribution in [1.29, 1.82) is 0 Å². The van der Waals surface area contributed by atoms with Gasteiger partial charge >= 0.3 is 0 Å². The second-order valence-electron chi connectivity index (χ2n) is 9.59. The molecule has 1 aliphatic rings. The molecule has 0 saturated heterocycles. The van der Waals surface area contributed by atoms with E-state index in [4.69, 9.17) is 23.2 Å². The lowest BCUT2D eigenvalue weighted by atomic mass is 9.95. The van der Waals surface area contributed by atoms with Gasteiger partial charge in [0.25, 0.3) is 0 Å². The molecule has 2 aromatic rings. The zero-order valence-corrected chi connectivity index (χ0v) is 23.9. The Bertz CT molecular complexity index is 1180. The summed E-state index contributed by atoms with van der Waals surface area (Å²) in [6.45, 7) is 3.23. The molecule has 1 fully saturated rings. The van der Waals surface area contributed by atoms with Gasteiger partial charge in [-0.25, -0.2) is 8.42 Å². The van der Waals surface area contributed by atoms with Gasteiger partial charge in [0.15, 0.2) is 0 Å². The molecular formula is C27H35Cl2N3O4S. The third-order valence-corrected chi connectivity index (χ3v) is 8.58. The van der Waals surface area contributed by atoms with Crippen LogP contribution in [0.25, 0.3) is 0 Å². The fourth-order valence-corrected chi connectivity index (χ4v) is 6.01. The lowest BCUT2D eigenvalue weighted by Crippen LogP contribution is -2.54. The van der Waals surface area contributed by atoms with Crippen molar-refractivity contribution in [2.45, 2.75) is 71.0 Å². The van der Waals surface area contributed by atoms with E-state index in [9.17, 15) is 18.0 Å². The van der Waals surface area contributed by atoms with Crippen molar-refractivity contribution < 1.29 is 18.0 Å². The summed E-state index contributed by atoms with van der Waals surface area (Å²) in [6, 6.07) is 11.2. The molecule has 2 aromatic carbocycles. The highest BCUT2D eigenvalue weighted by atomic mass is 35.5. The molecule has 0 spiro atoms. The zero-order chi connectivity index (χ0) is 27.2. The van der Waals surface area contributed by atoms with Gasteiger partial charge in [-0.1, -0.05) is 73.2 Å². The largest absolute Gasteiger partial charge is 0.352 e. The van der Waals surface area contributed by atoms with Crippen LogP contribution >= 0.6 is 23.2 Å². The Kier molecular flexibility index (Phi) is 10.3. The van der Waals surface area contributed by atoms with Crippen LogP contribution < -0.4 is 9.62 Å². The fraction of sp³-hybridized carbons (Fsp3) is 0.481. The van der Waals surface area contributed by atoms with E-state index < -0.39 is 28.5 Å². The van der Waals surface area contributed by atoms with Crippen LogP contribution in [0.5, 0.6) is 0 Å². The monoisotopic (exact) mass is 567 g/mol. The SMILES string of the molecule is CC[C@@H](C(=O)NC1CCCCC1)N(Cc1c(Cl)cccc1Cl)C(=O)CN(c1ccc(C)cc1)S(C)(=O)=O. The van der Waals surface area contributed by atoms with Gasteiger partial charge in [0, 0.05) is 28.2 Å². The molecule has 0 heterocycles. The standard InChI is InChI=1S/C27H35Cl2N3O4S/c1-4-25(27(34)30-20-9-6-5-7-10-20)31(17-22-23(28)11-8-12-24(22)29)26(33)18-32(37(3,35)36)21-15-13-19(2)14-16-21/h8,11-16,20,25H,4-7,9-10,17-18H2,1-3H3,(H,30,34)/t25-/m0/s1. The van der Waals surface area contributed by atoms with E-state index in [-0.39, 0.29) is 18.5 Å². The number of hydrogen-bond acceptors (Lipinski definition) is 4. The van der Waals surface area contributed by atoms with Crippen LogP contribution in [0.15, 0.2) is 42.5 Å². The Labute approximate surface area is 230 Å². The highest BCUT2D eigenvalue weighted by Gasteiger charge is 2.33. The number of amides is 2. The van der Waals surface area contributed by atoms with Gasteiger partial charge in [0.1, 0.15) is 12.6 Å². The molecular weight excluding hydrogens is 533 g/mol. The molecule has 1 atom stereocenters. The Morgan fingerprint density at radius 3 is 2.16 bits per heavy atom. The van der Waals surface area contributed by atoms with Crippen molar-refractivity contribution in [2.24, 2.45) is 0 Å². The number of aryl methyl sites for hydroxylation is 1. The first-order chi connectivity index (χ1) is 17.5. The quantitative estimate of drug-likeness (QED) is 0.420. The van der Waals surface area contributed by atoms with E-state index in [1.54, 1.807) is 42.5 Å². The van der Waals surface area contributed by atoms with E-state index in [1.807, 2.05) is 13.8 Å². The molecule has 0 radical (unpaired) electrons. The van der Waals surface area contributed by atoms with Crippen molar-refractivity contribution in [3.63, 3.8) is 0 Å². The van der Waals surface area contributed by atoms with Crippen molar-refractivity contribution in [3.05, 3.63) is 63.6 Å². The van der Waals surface area contributed by atoms with E-state index in [0.29, 0.717) is 27.7 Å². The fourth-order valence-electron chi connectivity index (χ4n) is 4.64. The Hall–Kier alpha value is -2.29. The van der Waals surface area contributed by atoms with Crippen molar-refractivity contribution in [3.8, 4) is 0 Å². The molecule has 0 unspecified atom stereocenters. The second-order valence-corrected chi connectivity index (χ2v) is 12.3. The van der Waals surface area contributed by atoms with E-state index in [1.165, 1.54) is 4.90 Å². The maximum atomic E-state index is 13.8. The van der Waals surface area contributed by atoms with Gasteiger partial charge in [-0.2, -0.15) is 0 Å². The van der Waals surface area contributed by atoms with Crippen LogP contribution in [-0.4, -0.2) is 50.0 Å². The van der Waals surface area contributed by atoms with Gasteiger partial charge in [-0.3, -0.25) is 13.9 Å². The molecule has 1 aliphatic carbocycles. The summed E-state index contributed by atoms with van der Waals surface area (Å²) >= 11 is 12.8. The average molecular weight is 569 g/mol. The number of anilines is 1. The van der Waals surface area contributed by atoms with Gasteiger partial charge in [-0.15, -0.1) is 0 Å². The third-order valence-electron chi connectivity index (χ3n) is 6.73. The van der Waals surface area contributed by atoms with Crippen LogP contribution in [0.3, 0.4) is 0 Å². The summed E-state index contributed by atoms with van der Waals surface area (Å²) in [4.78, 5) is 28.7. The second kappa shape index (κ2) is 13.0. The van der Waals surface area contributed by atoms with Crippen LogP contribution in [0, 0.1) is 6.92 Å². The minimum atomic E-state index is -3.79. The minimum absolute atomic E-state index is 0.0283. The van der Waals surface area contributed by atoms with Crippen molar-refractivity contribution in [1.82, 2.24) is 10.2 Å². The molecule has 2 amide bonds. The molecule has 202 valence electrons. The highest BCUT2D eigenvalue weighted by Crippen LogP contribution is 2.28. The number of sulfonamides is 1. The number of halogens is 2. The van der Waals surface area contributed by atoms with Crippen molar-refractivity contribution >= 4 is 50.7 Å². The Balaban J connectivity index is 1.95. The van der Waals surface area contributed by atoms with Crippen LogP contribution in [0.4, 0.5) is 5.69 Å². The number of carbonyl (C=O) groups excluding carboxylic acids is 2. The molecule has 37 heavy (non-hydrogen) atoms. The third kappa shape index (κ3) is 7.85. The number of benzene rings is 2. The summed E-state index contributed by atoms with van der Waals surface area (Å²) < 4.78 is 26.5. The molecule has 1 saturated carbocycles. The summed E-state index contributed by atoms with van der Waals surface area (Å²) in [6.07, 6.45) is 6.47. The molecule has 10 heteroatoms. The number of carbonyl (C=O) groups is 2. The molecule has 0 aliphatic heterocycles. The topological polar surface area (TPSA) is 86.8 Å². The summed E-state index contributed by atoms with van der Waals surface area (Å²) in [5.74, 6) is -0.778. The molecule has 0 aromatic heterocycles. The van der Waals surface area contributed by atoms with Crippen LogP contribution in [-0.2, 0) is 26.2 Å². The van der Waals surface area contributed by atoms with E-state index in [2.05, 4.69) is 5.32 Å². The van der Waals surface area contributed by atoms with Gasteiger partial charge in [0.2, 0.25) is 21.8 Å². The van der Waals surface area contributed by atoms with Gasteiger partial charge < -0.3 is 10.2 Å². The number of rotatable bonds is 10. The minimum Gasteiger partial charge on any atom is -0.352 e. The molecule has 0 bridgehead atoms. The number of nitrogens with zero attached hydrogens (tertiary/aromatic N) is 2. The zero-order valence-electron chi connectivity index (χ0n) is 21.5. The van der Waals surface area contributed by atoms with Gasteiger partial charge in [-0.05, 0) is 50.5 Å². The summed E-state index contributed by atoms with van der Waals surface area (Å²) in [5.41, 5.74) is 1.84. The smallest absolute Gasteiger partial charge is 0.244 e. The summed E-state index contributed by atoms with van der Waals surface area (Å²) in [5, 5.41) is 3.85. The lowest BCUT2D eigenvalue weighted by Gasteiger charge is -2.34. The van der Waals surface area contributed by atoms with E-state index in [0.717, 1.165) is 48.2 Å². The summed E-state index contributed by atoms with van der Waals surface area (Å²) in [7, 11) is -3.79. The normalized spacial score (nSPS) is 15.2. The predicted octanol–water partition coefficient (Wildman–Crippen LogP) is 5.32. The molecule has 1 N–H and O–H groups in total. The van der Waals surface area contributed by atoms with Crippen molar-refractivity contribution in [2.75, 3.05) is 17.1 Å². The maximum absolute atomic E-state index is 13.8. The highest BCUT2D eigenvalue weighted by molar-refractivity contribution is 7.92. The predicted molar refractivity (Wildman–Crippen MR) is 149 cm³/mol. The first-order valence-corrected chi connectivity index (χ1v) is 15.2. The van der Waals surface area contributed by atoms with Gasteiger partial charge in [0.05, 0.1) is 11.9 Å². The average Bonchev–Trinajstić information content (AvgIpc) is 2.84. The van der Waals surface area contributed by atoms with Crippen LogP contribution in [0.2, 0.25) is 10.0 Å². The Morgan fingerprint density at radius 2 is 1.62 bits per heavy atom.